The van der Waals surface area contributed by atoms with E-state index >= 15 is 0 Å². The summed E-state index contributed by atoms with van der Waals surface area (Å²) in [4.78, 5) is 16.7. The lowest BCUT2D eigenvalue weighted by Gasteiger charge is -2.39. The summed E-state index contributed by atoms with van der Waals surface area (Å²) >= 11 is 0. The maximum Gasteiger partial charge on any atom is 0.239 e. The van der Waals surface area contributed by atoms with Crippen LogP contribution in [0.15, 0.2) is 24.3 Å². The molecule has 0 spiro atoms. The minimum atomic E-state index is -0.237. The average molecular weight is 306 g/mol. The average Bonchev–Trinajstić information content (AvgIpc) is 2.52. The highest BCUT2D eigenvalue weighted by Crippen LogP contribution is 2.16. The first-order chi connectivity index (χ1) is 10.6. The van der Waals surface area contributed by atoms with Gasteiger partial charge in [0.25, 0.3) is 0 Å². The van der Waals surface area contributed by atoms with Gasteiger partial charge in [-0.3, -0.25) is 14.1 Å². The number of amides is 1. The van der Waals surface area contributed by atoms with Crippen molar-refractivity contribution < 1.29 is 9.18 Å². The highest BCUT2D eigenvalue weighted by Gasteiger charge is 2.30. The number of aryl methyl sites for hydroxylation is 1. The minimum Gasteiger partial charge on any atom is -0.336 e. The van der Waals surface area contributed by atoms with Crippen LogP contribution < -0.4 is 0 Å². The van der Waals surface area contributed by atoms with Crippen molar-refractivity contribution in [3.63, 3.8) is 0 Å². The summed E-state index contributed by atoms with van der Waals surface area (Å²) in [6, 6.07) is 8.30. The molecule has 0 N–H and O–H groups in total. The van der Waals surface area contributed by atoms with E-state index < -0.39 is 0 Å². The Morgan fingerprint density at radius 2 is 1.86 bits per heavy atom. The number of carbonyl (C=O) groups is 1. The Labute approximate surface area is 133 Å². The van der Waals surface area contributed by atoms with Gasteiger partial charge in [0.05, 0.1) is 12.7 Å². The Morgan fingerprint density at radius 3 is 2.55 bits per heavy atom. The van der Waals surface area contributed by atoms with Crippen molar-refractivity contribution in [1.29, 1.82) is 0 Å². The molecule has 1 amide bonds. The summed E-state index contributed by atoms with van der Waals surface area (Å²) in [7, 11) is 0. The van der Waals surface area contributed by atoms with E-state index in [0.717, 1.165) is 32.5 Å². The van der Waals surface area contributed by atoms with Crippen LogP contribution >= 0.6 is 0 Å². The number of hydrogen-bond donors (Lipinski definition) is 0. The molecule has 3 nitrogen and oxygen atoms in total. The molecule has 1 aliphatic rings. The largest absolute Gasteiger partial charge is 0.336 e. The number of nitrogens with zero attached hydrogens (tertiary/aromatic N) is 2. The number of unbranched alkanes of at least 4 members (excludes halogenated alkanes) is 2. The molecule has 1 heterocycles. The lowest BCUT2D eigenvalue weighted by atomic mass is 10.1. The standard InChI is InChI=1S/C18H27FN2O/c1-15-6-8-17(9-7-15)14-21-13-12-20(16(2)18(21)22)11-5-3-4-10-19/h6-9,16H,3-5,10-14H2,1-2H3/t16-/m0/s1. The molecular formula is C18H27FN2O. The van der Waals surface area contributed by atoms with E-state index in [0.29, 0.717) is 13.0 Å². The summed E-state index contributed by atoms with van der Waals surface area (Å²) in [5.74, 6) is 0.206. The number of halogens is 1. The lowest BCUT2D eigenvalue weighted by molar-refractivity contribution is -0.141. The van der Waals surface area contributed by atoms with Gasteiger partial charge >= 0.3 is 0 Å². The van der Waals surface area contributed by atoms with Gasteiger partial charge in [-0.1, -0.05) is 29.8 Å². The number of alkyl halides is 1. The molecule has 0 radical (unpaired) electrons. The molecule has 4 heteroatoms. The maximum atomic E-state index is 12.5. The fourth-order valence-corrected chi connectivity index (χ4v) is 2.94. The van der Waals surface area contributed by atoms with Crippen LogP contribution in [0.25, 0.3) is 0 Å². The van der Waals surface area contributed by atoms with Crippen molar-refractivity contribution in [3.8, 4) is 0 Å². The third-order valence-corrected chi connectivity index (χ3v) is 4.45. The summed E-state index contributed by atoms with van der Waals surface area (Å²) in [6.45, 7) is 7.09. The summed E-state index contributed by atoms with van der Waals surface area (Å²) in [5.41, 5.74) is 2.42. The first-order valence-electron chi connectivity index (χ1n) is 8.26. The van der Waals surface area contributed by atoms with Gasteiger partial charge in [0, 0.05) is 19.6 Å². The smallest absolute Gasteiger partial charge is 0.239 e. The third-order valence-electron chi connectivity index (χ3n) is 4.45. The second kappa shape index (κ2) is 8.28. The quantitative estimate of drug-likeness (QED) is 0.722. The molecule has 0 unspecified atom stereocenters. The van der Waals surface area contributed by atoms with Crippen LogP contribution in [0.2, 0.25) is 0 Å². The van der Waals surface area contributed by atoms with Gasteiger partial charge in [-0.15, -0.1) is 0 Å². The monoisotopic (exact) mass is 306 g/mol. The van der Waals surface area contributed by atoms with Gasteiger partial charge in [0.1, 0.15) is 0 Å². The van der Waals surface area contributed by atoms with Crippen molar-refractivity contribution in [2.24, 2.45) is 0 Å². The number of carbonyl (C=O) groups excluding carboxylic acids is 1. The molecule has 0 aliphatic carbocycles. The zero-order chi connectivity index (χ0) is 15.9. The number of benzene rings is 1. The van der Waals surface area contributed by atoms with Crippen LogP contribution in [0.4, 0.5) is 4.39 Å². The van der Waals surface area contributed by atoms with Crippen molar-refractivity contribution >= 4 is 5.91 Å². The van der Waals surface area contributed by atoms with Crippen LogP contribution in [0.5, 0.6) is 0 Å². The molecule has 0 aromatic heterocycles. The lowest BCUT2D eigenvalue weighted by Crippen LogP contribution is -2.55. The van der Waals surface area contributed by atoms with Crippen LogP contribution in [0, 0.1) is 6.92 Å². The molecule has 22 heavy (non-hydrogen) atoms. The van der Waals surface area contributed by atoms with E-state index in [1.165, 1.54) is 11.1 Å². The van der Waals surface area contributed by atoms with Crippen LogP contribution in [-0.2, 0) is 11.3 Å². The SMILES string of the molecule is Cc1ccc(CN2CCN(CCCCCF)[C@@H](C)C2=O)cc1. The van der Waals surface area contributed by atoms with Gasteiger partial charge in [0.15, 0.2) is 0 Å². The van der Waals surface area contributed by atoms with Gasteiger partial charge < -0.3 is 4.90 Å². The number of hydrogen-bond acceptors (Lipinski definition) is 2. The van der Waals surface area contributed by atoms with Crippen LogP contribution in [0.3, 0.4) is 0 Å². The van der Waals surface area contributed by atoms with E-state index in [-0.39, 0.29) is 18.6 Å². The van der Waals surface area contributed by atoms with Crippen molar-refractivity contribution in [2.45, 2.75) is 45.7 Å². The predicted octanol–water partition coefficient (Wildman–Crippen LogP) is 3.17. The molecular weight excluding hydrogens is 279 g/mol. The first kappa shape index (κ1) is 16.9. The molecule has 1 saturated heterocycles. The van der Waals surface area contributed by atoms with Gasteiger partial charge in [-0.2, -0.15) is 0 Å². The van der Waals surface area contributed by atoms with Gasteiger partial charge in [-0.05, 0) is 45.2 Å². The number of rotatable bonds is 7. The zero-order valence-corrected chi connectivity index (χ0v) is 13.7. The Morgan fingerprint density at radius 1 is 1.14 bits per heavy atom. The van der Waals surface area contributed by atoms with E-state index in [1.54, 1.807) is 0 Å². The fourth-order valence-electron chi connectivity index (χ4n) is 2.94. The van der Waals surface area contributed by atoms with Crippen molar-refractivity contribution in [3.05, 3.63) is 35.4 Å². The normalized spacial score (nSPS) is 19.7. The van der Waals surface area contributed by atoms with E-state index in [4.69, 9.17) is 0 Å². The molecule has 1 aliphatic heterocycles. The zero-order valence-electron chi connectivity index (χ0n) is 13.7. The molecule has 1 fully saturated rings. The van der Waals surface area contributed by atoms with Gasteiger partial charge in [0.2, 0.25) is 5.91 Å². The highest BCUT2D eigenvalue weighted by molar-refractivity contribution is 5.82. The highest BCUT2D eigenvalue weighted by atomic mass is 19.1. The van der Waals surface area contributed by atoms with E-state index in [1.807, 2.05) is 11.8 Å². The van der Waals surface area contributed by atoms with E-state index in [9.17, 15) is 9.18 Å². The molecule has 122 valence electrons. The first-order valence-corrected chi connectivity index (χ1v) is 8.26. The Balaban J connectivity index is 1.84. The van der Waals surface area contributed by atoms with Crippen LogP contribution in [-0.4, -0.2) is 48.1 Å². The number of piperazine rings is 1. The van der Waals surface area contributed by atoms with Crippen LogP contribution in [0.1, 0.15) is 37.3 Å². The summed E-state index contributed by atoms with van der Waals surface area (Å²) in [5, 5.41) is 0. The third kappa shape index (κ3) is 4.54. The molecule has 1 atom stereocenters. The summed E-state index contributed by atoms with van der Waals surface area (Å²) in [6.07, 6.45) is 2.51. The second-order valence-electron chi connectivity index (χ2n) is 6.21. The van der Waals surface area contributed by atoms with Gasteiger partial charge in [-0.25, -0.2) is 0 Å². The molecule has 0 saturated carbocycles. The van der Waals surface area contributed by atoms with E-state index in [2.05, 4.69) is 36.1 Å². The second-order valence-corrected chi connectivity index (χ2v) is 6.21. The minimum absolute atomic E-state index is 0.0652. The maximum absolute atomic E-state index is 12.5. The molecule has 1 aromatic rings. The molecule has 1 aromatic carbocycles. The summed E-state index contributed by atoms with van der Waals surface area (Å²) < 4.78 is 12.1. The Bertz CT molecular complexity index is 474. The predicted molar refractivity (Wildman–Crippen MR) is 87.5 cm³/mol. The topological polar surface area (TPSA) is 23.6 Å². The molecule has 2 rings (SSSR count). The Kier molecular flexibility index (Phi) is 6.37. The van der Waals surface area contributed by atoms with Crippen molar-refractivity contribution in [2.75, 3.05) is 26.3 Å². The fraction of sp³-hybridized carbons (Fsp3) is 0.611. The molecule has 0 bridgehead atoms. The Hall–Kier alpha value is -1.42. The van der Waals surface area contributed by atoms with Crippen molar-refractivity contribution in [1.82, 2.24) is 9.80 Å².